The summed E-state index contributed by atoms with van der Waals surface area (Å²) in [5.41, 5.74) is 2.73. The molecule has 0 aliphatic carbocycles. The molecule has 24 heavy (non-hydrogen) atoms. The van der Waals surface area contributed by atoms with Gasteiger partial charge in [-0.3, -0.25) is 4.72 Å². The Balaban J connectivity index is 1.86. The average molecular weight is 379 g/mol. The summed E-state index contributed by atoms with van der Waals surface area (Å²) in [7, 11) is -3.54. The van der Waals surface area contributed by atoms with E-state index in [2.05, 4.69) is 9.71 Å². The first-order valence-electron chi connectivity index (χ1n) is 7.19. The van der Waals surface area contributed by atoms with Crippen molar-refractivity contribution < 1.29 is 8.42 Å². The minimum absolute atomic E-state index is 0.116. The van der Waals surface area contributed by atoms with Gasteiger partial charge in [-0.1, -0.05) is 41.9 Å². The van der Waals surface area contributed by atoms with Crippen LogP contribution < -0.4 is 4.72 Å². The number of sulfonamides is 1. The maximum absolute atomic E-state index is 12.5. The number of rotatable bonds is 5. The first-order valence-corrected chi connectivity index (χ1v) is 10.1. The molecule has 0 radical (unpaired) electrons. The van der Waals surface area contributed by atoms with Crippen LogP contribution in [0.5, 0.6) is 0 Å². The molecular weight excluding hydrogens is 364 g/mol. The zero-order chi connectivity index (χ0) is 17.2. The lowest BCUT2D eigenvalue weighted by Gasteiger charge is -2.11. The van der Waals surface area contributed by atoms with E-state index in [-0.39, 0.29) is 5.75 Å². The average Bonchev–Trinajstić information content (AvgIpc) is 2.96. The van der Waals surface area contributed by atoms with Crippen molar-refractivity contribution >= 4 is 38.6 Å². The number of aryl methyl sites for hydroxylation is 1. The summed E-state index contributed by atoms with van der Waals surface area (Å²) < 4.78 is 27.6. The van der Waals surface area contributed by atoms with E-state index in [1.807, 2.05) is 24.4 Å². The minimum atomic E-state index is -3.54. The number of benzene rings is 2. The highest BCUT2D eigenvalue weighted by atomic mass is 35.5. The van der Waals surface area contributed by atoms with Gasteiger partial charge in [0, 0.05) is 16.0 Å². The Labute approximate surface area is 150 Å². The highest BCUT2D eigenvalue weighted by Crippen LogP contribution is 2.29. The first-order chi connectivity index (χ1) is 11.4. The van der Waals surface area contributed by atoms with E-state index in [1.54, 1.807) is 36.4 Å². The predicted octanol–water partition coefficient (Wildman–Crippen LogP) is 4.71. The van der Waals surface area contributed by atoms with Crippen molar-refractivity contribution in [2.45, 2.75) is 12.7 Å². The van der Waals surface area contributed by atoms with E-state index in [1.165, 1.54) is 11.3 Å². The SMILES string of the molecule is Cc1nc(-c2ccccc2NS(=O)(=O)Cc2ccc(Cl)cc2)cs1. The highest BCUT2D eigenvalue weighted by molar-refractivity contribution is 7.91. The molecule has 7 heteroatoms. The van der Waals surface area contributed by atoms with Crippen LogP contribution in [0.2, 0.25) is 5.02 Å². The normalized spacial score (nSPS) is 11.4. The van der Waals surface area contributed by atoms with Gasteiger partial charge in [0.15, 0.2) is 0 Å². The lowest BCUT2D eigenvalue weighted by Crippen LogP contribution is -2.15. The van der Waals surface area contributed by atoms with Gasteiger partial charge < -0.3 is 0 Å². The number of anilines is 1. The Bertz CT molecular complexity index is 951. The number of hydrogen-bond acceptors (Lipinski definition) is 4. The summed E-state index contributed by atoms with van der Waals surface area (Å²) >= 11 is 7.36. The van der Waals surface area contributed by atoms with E-state index in [4.69, 9.17) is 11.6 Å². The Kier molecular flexibility index (Phi) is 4.89. The summed E-state index contributed by atoms with van der Waals surface area (Å²) in [6.45, 7) is 1.92. The van der Waals surface area contributed by atoms with Crippen molar-refractivity contribution in [1.82, 2.24) is 4.98 Å². The molecule has 0 amide bonds. The molecule has 0 atom stereocenters. The standard InChI is InChI=1S/C17H15ClN2O2S2/c1-12-19-17(10-23-12)15-4-2-3-5-16(15)20-24(21,22)11-13-6-8-14(18)9-7-13/h2-10,20H,11H2,1H3. The molecule has 0 saturated carbocycles. The quantitative estimate of drug-likeness (QED) is 0.699. The fourth-order valence-corrected chi connectivity index (χ4v) is 4.24. The second kappa shape index (κ2) is 6.93. The van der Waals surface area contributed by atoms with Crippen LogP contribution in [0.4, 0.5) is 5.69 Å². The summed E-state index contributed by atoms with van der Waals surface area (Å²) in [6.07, 6.45) is 0. The topological polar surface area (TPSA) is 59.1 Å². The van der Waals surface area contributed by atoms with Gasteiger partial charge in [0.2, 0.25) is 10.0 Å². The molecular formula is C17H15ClN2O2S2. The number of nitrogens with zero attached hydrogens (tertiary/aromatic N) is 1. The second-order valence-corrected chi connectivity index (χ2v) is 8.51. The molecule has 1 N–H and O–H groups in total. The number of nitrogens with one attached hydrogen (secondary N) is 1. The fraction of sp³-hybridized carbons (Fsp3) is 0.118. The van der Waals surface area contributed by atoms with Crippen LogP contribution in [0.1, 0.15) is 10.6 Å². The summed E-state index contributed by atoms with van der Waals surface area (Å²) in [5.74, 6) is -0.116. The van der Waals surface area contributed by atoms with Crippen molar-refractivity contribution in [1.29, 1.82) is 0 Å². The van der Waals surface area contributed by atoms with Crippen LogP contribution in [0.25, 0.3) is 11.3 Å². The van der Waals surface area contributed by atoms with Gasteiger partial charge in [-0.2, -0.15) is 0 Å². The van der Waals surface area contributed by atoms with E-state index < -0.39 is 10.0 Å². The molecule has 124 valence electrons. The zero-order valence-electron chi connectivity index (χ0n) is 12.9. The number of aromatic nitrogens is 1. The molecule has 0 unspecified atom stereocenters. The van der Waals surface area contributed by atoms with Crippen molar-refractivity contribution in [3.8, 4) is 11.3 Å². The number of halogens is 1. The van der Waals surface area contributed by atoms with Gasteiger partial charge in [-0.05, 0) is 30.7 Å². The molecule has 0 saturated heterocycles. The van der Waals surface area contributed by atoms with Gasteiger partial charge in [0.1, 0.15) is 0 Å². The van der Waals surface area contributed by atoms with Crippen LogP contribution in [0.3, 0.4) is 0 Å². The third-order valence-corrected chi connectivity index (χ3v) is 5.63. The van der Waals surface area contributed by atoms with Gasteiger partial charge in [0.05, 0.1) is 22.1 Å². The maximum Gasteiger partial charge on any atom is 0.236 e. The van der Waals surface area contributed by atoms with Crippen molar-refractivity contribution in [2.75, 3.05) is 4.72 Å². The third-order valence-electron chi connectivity index (χ3n) is 3.36. The molecule has 1 aromatic heterocycles. The number of para-hydroxylation sites is 1. The van der Waals surface area contributed by atoms with Crippen molar-refractivity contribution in [2.24, 2.45) is 0 Å². The lowest BCUT2D eigenvalue weighted by molar-refractivity contribution is 0.600. The third kappa shape index (κ3) is 4.14. The molecule has 0 fully saturated rings. The monoisotopic (exact) mass is 378 g/mol. The Hall–Kier alpha value is -1.89. The number of hydrogen-bond donors (Lipinski definition) is 1. The Morgan fingerprint density at radius 3 is 2.50 bits per heavy atom. The Morgan fingerprint density at radius 2 is 1.83 bits per heavy atom. The molecule has 3 rings (SSSR count). The largest absolute Gasteiger partial charge is 0.283 e. The van der Waals surface area contributed by atoms with Crippen LogP contribution in [-0.4, -0.2) is 13.4 Å². The van der Waals surface area contributed by atoms with Gasteiger partial charge >= 0.3 is 0 Å². The molecule has 0 aliphatic rings. The summed E-state index contributed by atoms with van der Waals surface area (Å²) in [6, 6.07) is 14.0. The van der Waals surface area contributed by atoms with E-state index in [9.17, 15) is 8.42 Å². The number of thiazole rings is 1. The highest BCUT2D eigenvalue weighted by Gasteiger charge is 2.15. The van der Waals surface area contributed by atoms with Crippen LogP contribution in [0, 0.1) is 6.92 Å². The predicted molar refractivity (Wildman–Crippen MR) is 100.0 cm³/mol. The first kappa shape index (κ1) is 17.0. The Morgan fingerprint density at radius 1 is 1.12 bits per heavy atom. The van der Waals surface area contributed by atoms with E-state index in [0.717, 1.165) is 16.3 Å². The van der Waals surface area contributed by atoms with Gasteiger partial charge in [-0.15, -0.1) is 11.3 Å². The summed E-state index contributed by atoms with van der Waals surface area (Å²) in [5, 5.41) is 3.43. The smallest absolute Gasteiger partial charge is 0.236 e. The maximum atomic E-state index is 12.5. The van der Waals surface area contributed by atoms with Crippen LogP contribution in [-0.2, 0) is 15.8 Å². The summed E-state index contributed by atoms with van der Waals surface area (Å²) in [4.78, 5) is 4.43. The molecule has 0 bridgehead atoms. The van der Waals surface area contributed by atoms with Crippen LogP contribution in [0.15, 0.2) is 53.9 Å². The minimum Gasteiger partial charge on any atom is -0.283 e. The molecule has 0 aliphatic heterocycles. The molecule has 2 aromatic carbocycles. The molecule has 3 aromatic rings. The van der Waals surface area contributed by atoms with Gasteiger partial charge in [-0.25, -0.2) is 13.4 Å². The molecule has 4 nitrogen and oxygen atoms in total. The lowest BCUT2D eigenvalue weighted by atomic mass is 10.1. The van der Waals surface area contributed by atoms with Crippen molar-refractivity contribution in [3.63, 3.8) is 0 Å². The van der Waals surface area contributed by atoms with E-state index >= 15 is 0 Å². The molecule has 1 heterocycles. The van der Waals surface area contributed by atoms with E-state index in [0.29, 0.717) is 16.3 Å². The van der Waals surface area contributed by atoms with Crippen molar-refractivity contribution in [3.05, 3.63) is 69.5 Å². The molecule has 0 spiro atoms. The zero-order valence-corrected chi connectivity index (χ0v) is 15.3. The van der Waals surface area contributed by atoms with Crippen LogP contribution >= 0.6 is 22.9 Å². The van der Waals surface area contributed by atoms with Gasteiger partial charge in [0.25, 0.3) is 0 Å². The fourth-order valence-electron chi connectivity index (χ4n) is 2.29. The second-order valence-electron chi connectivity index (χ2n) is 5.28.